The summed E-state index contributed by atoms with van der Waals surface area (Å²) in [6.45, 7) is 1.94. The van der Waals surface area contributed by atoms with Crippen LogP contribution in [-0.4, -0.2) is 18.6 Å². The molecule has 0 aliphatic heterocycles. The molecule has 9 heavy (non-hydrogen) atoms. The van der Waals surface area contributed by atoms with E-state index in [-0.39, 0.29) is 5.97 Å². The Kier molecular flexibility index (Phi) is 1.24. The molecule has 2 N–H and O–H groups in total. The van der Waals surface area contributed by atoms with Crippen LogP contribution in [0.3, 0.4) is 0 Å². The van der Waals surface area contributed by atoms with Gasteiger partial charge in [-0.3, -0.25) is 4.79 Å². The first kappa shape index (κ1) is 6.55. The summed E-state index contributed by atoms with van der Waals surface area (Å²) >= 11 is 0. The van der Waals surface area contributed by atoms with E-state index in [9.17, 15) is 4.79 Å². The predicted molar refractivity (Wildman–Crippen MR) is 32.7 cm³/mol. The van der Waals surface area contributed by atoms with Gasteiger partial charge in [-0.1, -0.05) is 6.92 Å². The van der Waals surface area contributed by atoms with Gasteiger partial charge in [-0.2, -0.15) is 0 Å². The van der Waals surface area contributed by atoms with Gasteiger partial charge in [-0.05, 0) is 12.3 Å². The summed E-state index contributed by atoms with van der Waals surface area (Å²) in [6, 6.07) is 0. The highest BCUT2D eigenvalue weighted by molar-refractivity contribution is 5.84. The van der Waals surface area contributed by atoms with Crippen LogP contribution in [0.1, 0.15) is 13.3 Å². The summed E-state index contributed by atoms with van der Waals surface area (Å²) in [5.74, 6) is 0.0138. The van der Waals surface area contributed by atoms with Crippen molar-refractivity contribution in [2.75, 3.05) is 7.11 Å². The minimum Gasteiger partial charge on any atom is -0.468 e. The lowest BCUT2D eigenvalue weighted by Gasteiger charge is -2.04. The zero-order valence-corrected chi connectivity index (χ0v) is 5.68. The van der Waals surface area contributed by atoms with Gasteiger partial charge in [-0.15, -0.1) is 0 Å². The molecule has 1 fully saturated rings. The summed E-state index contributed by atoms with van der Waals surface area (Å²) in [5.41, 5.74) is 4.93. The fraction of sp³-hybridized carbons (Fsp3) is 0.833. The second-order valence-electron chi connectivity index (χ2n) is 2.64. The fourth-order valence-corrected chi connectivity index (χ4v) is 0.922. The van der Waals surface area contributed by atoms with Crippen molar-refractivity contribution in [3.8, 4) is 0 Å². The molecule has 0 aromatic heterocycles. The van der Waals surface area contributed by atoms with Crippen LogP contribution in [0.2, 0.25) is 0 Å². The maximum atomic E-state index is 10.8. The third kappa shape index (κ3) is 0.812. The second kappa shape index (κ2) is 1.70. The van der Waals surface area contributed by atoms with Gasteiger partial charge in [0.05, 0.1) is 7.11 Å². The van der Waals surface area contributed by atoms with Crippen LogP contribution in [0.15, 0.2) is 0 Å². The molecule has 0 spiro atoms. The lowest BCUT2D eigenvalue weighted by molar-refractivity contribution is -0.143. The second-order valence-corrected chi connectivity index (χ2v) is 2.64. The molecule has 1 saturated carbocycles. The number of methoxy groups -OCH3 is 1. The average molecular weight is 129 g/mol. The minimum absolute atomic E-state index is 0.282. The first-order valence-electron chi connectivity index (χ1n) is 2.98. The van der Waals surface area contributed by atoms with E-state index in [4.69, 9.17) is 5.73 Å². The van der Waals surface area contributed by atoms with Crippen LogP contribution >= 0.6 is 0 Å². The summed E-state index contributed by atoms with van der Waals surface area (Å²) in [7, 11) is 1.36. The molecule has 0 aromatic carbocycles. The topological polar surface area (TPSA) is 52.3 Å². The van der Waals surface area contributed by atoms with E-state index < -0.39 is 5.54 Å². The van der Waals surface area contributed by atoms with Crippen molar-refractivity contribution in [1.29, 1.82) is 0 Å². The normalized spacial score (nSPS) is 40.1. The maximum absolute atomic E-state index is 10.8. The Morgan fingerprint density at radius 2 is 2.33 bits per heavy atom. The molecular weight excluding hydrogens is 118 g/mol. The largest absolute Gasteiger partial charge is 0.468 e. The molecule has 2 unspecified atom stereocenters. The third-order valence-corrected chi connectivity index (χ3v) is 1.93. The Labute approximate surface area is 54.2 Å². The van der Waals surface area contributed by atoms with E-state index >= 15 is 0 Å². The van der Waals surface area contributed by atoms with Crippen molar-refractivity contribution in [2.24, 2.45) is 11.7 Å². The first-order valence-corrected chi connectivity index (χ1v) is 2.98. The van der Waals surface area contributed by atoms with Crippen molar-refractivity contribution in [2.45, 2.75) is 18.9 Å². The number of hydrogen-bond donors (Lipinski definition) is 1. The Balaban J connectivity index is 2.53. The SMILES string of the molecule is COC(=O)C1(N)CC1C. The smallest absolute Gasteiger partial charge is 0.326 e. The fourth-order valence-electron chi connectivity index (χ4n) is 0.922. The molecule has 0 amide bonds. The number of esters is 1. The van der Waals surface area contributed by atoms with Gasteiger partial charge < -0.3 is 10.5 Å². The lowest BCUT2D eigenvalue weighted by Crippen LogP contribution is -2.35. The Morgan fingerprint density at radius 3 is 2.44 bits per heavy atom. The molecule has 2 atom stereocenters. The Hall–Kier alpha value is -0.570. The number of carbonyl (C=O) groups is 1. The van der Waals surface area contributed by atoms with E-state index in [1.807, 2.05) is 6.92 Å². The van der Waals surface area contributed by atoms with E-state index in [0.29, 0.717) is 5.92 Å². The molecule has 52 valence electrons. The summed E-state index contributed by atoms with van der Waals surface area (Å²) < 4.78 is 4.48. The highest BCUT2D eigenvalue weighted by Gasteiger charge is 2.55. The van der Waals surface area contributed by atoms with Gasteiger partial charge in [0, 0.05) is 0 Å². The van der Waals surface area contributed by atoms with Crippen LogP contribution in [0.25, 0.3) is 0 Å². The zero-order valence-electron chi connectivity index (χ0n) is 5.68. The Morgan fingerprint density at radius 1 is 1.89 bits per heavy atom. The minimum atomic E-state index is -0.644. The molecular formula is C6H11NO2. The van der Waals surface area contributed by atoms with Gasteiger partial charge in [0.2, 0.25) is 0 Å². The summed E-state index contributed by atoms with van der Waals surface area (Å²) in [4.78, 5) is 10.8. The predicted octanol–water partition coefficient (Wildman–Crippen LogP) is -0.103. The van der Waals surface area contributed by atoms with Crippen molar-refractivity contribution in [3.05, 3.63) is 0 Å². The number of hydrogen-bond acceptors (Lipinski definition) is 3. The third-order valence-electron chi connectivity index (χ3n) is 1.93. The average Bonchev–Trinajstić information content (AvgIpc) is 2.41. The van der Waals surface area contributed by atoms with Crippen molar-refractivity contribution in [1.82, 2.24) is 0 Å². The van der Waals surface area contributed by atoms with Crippen molar-refractivity contribution >= 4 is 5.97 Å². The van der Waals surface area contributed by atoms with Gasteiger partial charge in [-0.25, -0.2) is 0 Å². The molecule has 1 rings (SSSR count). The molecule has 0 heterocycles. The standard InChI is InChI=1S/C6H11NO2/c1-4-3-6(4,7)5(8)9-2/h4H,3,7H2,1-2H3. The van der Waals surface area contributed by atoms with Crippen LogP contribution in [0.5, 0.6) is 0 Å². The molecule has 3 nitrogen and oxygen atoms in total. The summed E-state index contributed by atoms with van der Waals surface area (Å²) in [6.07, 6.45) is 0.764. The Bertz CT molecular complexity index is 146. The highest BCUT2D eigenvalue weighted by atomic mass is 16.5. The van der Waals surface area contributed by atoms with Crippen LogP contribution in [0, 0.1) is 5.92 Å². The zero-order chi connectivity index (χ0) is 7.07. The molecule has 3 heteroatoms. The number of carbonyl (C=O) groups excluding carboxylic acids is 1. The molecule has 1 aliphatic rings. The molecule has 0 radical (unpaired) electrons. The molecule has 0 aromatic rings. The highest BCUT2D eigenvalue weighted by Crippen LogP contribution is 2.40. The summed E-state index contributed by atoms with van der Waals surface area (Å²) in [5, 5.41) is 0. The van der Waals surface area contributed by atoms with Crippen LogP contribution < -0.4 is 5.73 Å². The quantitative estimate of drug-likeness (QED) is 0.503. The first-order chi connectivity index (χ1) is 4.11. The number of ether oxygens (including phenoxy) is 1. The van der Waals surface area contributed by atoms with Gasteiger partial charge >= 0.3 is 5.97 Å². The molecule has 0 saturated heterocycles. The van der Waals surface area contributed by atoms with E-state index in [1.165, 1.54) is 7.11 Å². The number of rotatable bonds is 1. The lowest BCUT2D eigenvalue weighted by atomic mass is 10.2. The van der Waals surface area contributed by atoms with Gasteiger partial charge in [0.15, 0.2) is 0 Å². The van der Waals surface area contributed by atoms with E-state index in [0.717, 1.165) is 6.42 Å². The van der Waals surface area contributed by atoms with Crippen molar-refractivity contribution in [3.63, 3.8) is 0 Å². The number of nitrogens with two attached hydrogens (primary N) is 1. The van der Waals surface area contributed by atoms with Crippen LogP contribution in [-0.2, 0) is 9.53 Å². The van der Waals surface area contributed by atoms with E-state index in [1.54, 1.807) is 0 Å². The maximum Gasteiger partial charge on any atom is 0.326 e. The molecule has 0 bridgehead atoms. The van der Waals surface area contributed by atoms with Crippen LogP contribution in [0.4, 0.5) is 0 Å². The van der Waals surface area contributed by atoms with Gasteiger partial charge in [0.25, 0.3) is 0 Å². The van der Waals surface area contributed by atoms with E-state index in [2.05, 4.69) is 4.74 Å². The molecule has 1 aliphatic carbocycles. The van der Waals surface area contributed by atoms with Crippen molar-refractivity contribution < 1.29 is 9.53 Å². The van der Waals surface area contributed by atoms with Gasteiger partial charge in [0.1, 0.15) is 5.54 Å². The monoisotopic (exact) mass is 129 g/mol.